The summed E-state index contributed by atoms with van der Waals surface area (Å²) in [6, 6.07) is 4.53. The minimum atomic E-state index is 0.161. The summed E-state index contributed by atoms with van der Waals surface area (Å²) in [6.45, 7) is 11.5. The van der Waals surface area contributed by atoms with Crippen molar-refractivity contribution in [1.82, 2.24) is 10.1 Å². The smallest absolute Gasteiger partial charge is 0.227 e. The number of nitrogens with two attached hydrogens (primary N) is 1. The van der Waals surface area contributed by atoms with Gasteiger partial charge in [0.15, 0.2) is 5.82 Å². The Bertz CT molecular complexity index is 600. The maximum atomic E-state index is 5.50. The summed E-state index contributed by atoms with van der Waals surface area (Å²) in [4.78, 5) is 4.39. The normalized spacial score (nSPS) is 11.9. The predicted molar refractivity (Wildman–Crippen MR) is 84.5 cm³/mol. The molecule has 0 unspecified atom stereocenters. The van der Waals surface area contributed by atoms with Crippen LogP contribution in [0.5, 0.6) is 0 Å². The standard InChI is InChI=1S/C17H25N3O/c1-11-8-13(17(3,4)5)9-12(2)14(11)10-15-19-16(6-7-18)21-20-15/h8-9H,6-7,10,18H2,1-5H3. The molecule has 0 radical (unpaired) electrons. The third kappa shape index (κ3) is 3.70. The largest absolute Gasteiger partial charge is 0.339 e. The van der Waals surface area contributed by atoms with Gasteiger partial charge in [-0.05, 0) is 41.5 Å². The highest BCUT2D eigenvalue weighted by molar-refractivity contribution is 5.41. The molecule has 0 fully saturated rings. The first-order valence-electron chi connectivity index (χ1n) is 7.43. The maximum Gasteiger partial charge on any atom is 0.227 e. The number of aryl methyl sites for hydroxylation is 2. The number of aromatic nitrogens is 2. The second-order valence-corrected chi connectivity index (χ2v) is 6.66. The van der Waals surface area contributed by atoms with Crippen LogP contribution in [0.15, 0.2) is 16.7 Å². The third-order valence-corrected chi connectivity index (χ3v) is 3.77. The quantitative estimate of drug-likeness (QED) is 0.938. The Morgan fingerprint density at radius 1 is 1.14 bits per heavy atom. The first-order valence-corrected chi connectivity index (χ1v) is 7.43. The van der Waals surface area contributed by atoms with E-state index in [1.807, 2.05) is 0 Å². The summed E-state index contributed by atoms with van der Waals surface area (Å²) in [5.41, 5.74) is 10.9. The molecule has 2 rings (SSSR count). The molecular weight excluding hydrogens is 262 g/mol. The van der Waals surface area contributed by atoms with Crippen LogP contribution in [-0.4, -0.2) is 16.7 Å². The van der Waals surface area contributed by atoms with Gasteiger partial charge in [-0.25, -0.2) is 0 Å². The second-order valence-electron chi connectivity index (χ2n) is 6.66. The highest BCUT2D eigenvalue weighted by atomic mass is 16.5. The summed E-state index contributed by atoms with van der Waals surface area (Å²) in [5, 5.41) is 4.04. The van der Waals surface area contributed by atoms with E-state index in [4.69, 9.17) is 10.3 Å². The average Bonchev–Trinajstić information content (AvgIpc) is 2.80. The van der Waals surface area contributed by atoms with E-state index in [9.17, 15) is 0 Å². The zero-order valence-corrected chi connectivity index (χ0v) is 13.7. The third-order valence-electron chi connectivity index (χ3n) is 3.77. The monoisotopic (exact) mass is 287 g/mol. The fourth-order valence-electron chi connectivity index (χ4n) is 2.45. The van der Waals surface area contributed by atoms with Gasteiger partial charge in [0.25, 0.3) is 0 Å². The first kappa shape index (κ1) is 15.7. The van der Waals surface area contributed by atoms with E-state index in [1.54, 1.807) is 0 Å². The molecule has 4 nitrogen and oxygen atoms in total. The van der Waals surface area contributed by atoms with E-state index < -0.39 is 0 Å². The van der Waals surface area contributed by atoms with Crippen molar-refractivity contribution in [3.05, 3.63) is 46.1 Å². The number of benzene rings is 1. The minimum Gasteiger partial charge on any atom is -0.339 e. The predicted octanol–water partition coefficient (Wildman–Crippen LogP) is 3.08. The van der Waals surface area contributed by atoms with Gasteiger partial charge in [0, 0.05) is 19.4 Å². The minimum absolute atomic E-state index is 0.161. The molecule has 1 heterocycles. The molecular formula is C17H25N3O. The topological polar surface area (TPSA) is 64.9 Å². The van der Waals surface area contributed by atoms with E-state index in [1.165, 1.54) is 22.3 Å². The van der Waals surface area contributed by atoms with Crippen LogP contribution in [0.1, 0.15) is 54.7 Å². The summed E-state index contributed by atoms with van der Waals surface area (Å²) in [7, 11) is 0. The molecule has 0 aliphatic heterocycles. The molecule has 0 atom stereocenters. The maximum absolute atomic E-state index is 5.50. The van der Waals surface area contributed by atoms with E-state index in [-0.39, 0.29) is 5.41 Å². The fourth-order valence-corrected chi connectivity index (χ4v) is 2.45. The van der Waals surface area contributed by atoms with Crippen molar-refractivity contribution in [2.75, 3.05) is 6.54 Å². The van der Waals surface area contributed by atoms with Crippen LogP contribution in [-0.2, 0) is 18.3 Å². The molecule has 4 heteroatoms. The Kier molecular flexibility index (Phi) is 4.47. The Hall–Kier alpha value is -1.68. The molecule has 0 spiro atoms. The molecule has 0 saturated heterocycles. The van der Waals surface area contributed by atoms with Gasteiger partial charge in [-0.2, -0.15) is 4.98 Å². The van der Waals surface area contributed by atoms with Crippen LogP contribution in [0.25, 0.3) is 0 Å². The van der Waals surface area contributed by atoms with Crippen LogP contribution < -0.4 is 5.73 Å². The van der Waals surface area contributed by atoms with E-state index in [0.29, 0.717) is 25.3 Å². The van der Waals surface area contributed by atoms with Gasteiger partial charge in [0.2, 0.25) is 5.89 Å². The van der Waals surface area contributed by atoms with Crippen molar-refractivity contribution in [3.63, 3.8) is 0 Å². The lowest BCUT2D eigenvalue weighted by Crippen LogP contribution is -2.12. The van der Waals surface area contributed by atoms with E-state index in [0.717, 1.165) is 5.82 Å². The van der Waals surface area contributed by atoms with Gasteiger partial charge in [-0.1, -0.05) is 38.1 Å². The molecule has 0 bridgehead atoms. The van der Waals surface area contributed by atoms with Crippen LogP contribution in [0.3, 0.4) is 0 Å². The molecule has 1 aromatic carbocycles. The van der Waals surface area contributed by atoms with Crippen LogP contribution in [0, 0.1) is 13.8 Å². The van der Waals surface area contributed by atoms with E-state index >= 15 is 0 Å². The van der Waals surface area contributed by atoms with Crippen molar-refractivity contribution in [2.45, 2.75) is 52.9 Å². The summed E-state index contributed by atoms with van der Waals surface area (Å²) < 4.78 is 5.19. The van der Waals surface area contributed by atoms with Crippen LogP contribution >= 0.6 is 0 Å². The number of rotatable bonds is 4. The number of hydrogen-bond donors (Lipinski definition) is 1. The summed E-state index contributed by atoms with van der Waals surface area (Å²) in [6.07, 6.45) is 1.34. The lowest BCUT2D eigenvalue weighted by atomic mass is 9.83. The molecule has 2 aromatic rings. The summed E-state index contributed by atoms with van der Waals surface area (Å²) >= 11 is 0. The average molecular weight is 287 g/mol. The molecule has 0 aliphatic carbocycles. The van der Waals surface area contributed by atoms with Gasteiger partial charge >= 0.3 is 0 Å². The Morgan fingerprint density at radius 2 is 1.76 bits per heavy atom. The van der Waals surface area contributed by atoms with Crippen molar-refractivity contribution < 1.29 is 4.52 Å². The molecule has 0 aliphatic rings. The summed E-state index contributed by atoms with van der Waals surface area (Å²) in [5.74, 6) is 1.35. The SMILES string of the molecule is Cc1cc(C(C)(C)C)cc(C)c1Cc1noc(CCN)n1. The van der Waals surface area contributed by atoms with Crippen molar-refractivity contribution in [1.29, 1.82) is 0 Å². The lowest BCUT2D eigenvalue weighted by molar-refractivity contribution is 0.375. The highest BCUT2D eigenvalue weighted by Gasteiger charge is 2.17. The van der Waals surface area contributed by atoms with Gasteiger partial charge in [-0.3, -0.25) is 0 Å². The molecule has 0 saturated carbocycles. The fraction of sp³-hybridized carbons (Fsp3) is 0.529. The second kappa shape index (κ2) is 5.98. The van der Waals surface area contributed by atoms with Gasteiger partial charge in [0.1, 0.15) is 0 Å². The Morgan fingerprint density at radius 3 is 2.29 bits per heavy atom. The molecule has 21 heavy (non-hydrogen) atoms. The van der Waals surface area contributed by atoms with E-state index in [2.05, 4.69) is 56.9 Å². The van der Waals surface area contributed by atoms with Gasteiger partial charge in [0.05, 0.1) is 0 Å². The molecule has 2 N–H and O–H groups in total. The van der Waals surface area contributed by atoms with Crippen molar-refractivity contribution in [2.24, 2.45) is 5.73 Å². The van der Waals surface area contributed by atoms with Crippen LogP contribution in [0.4, 0.5) is 0 Å². The molecule has 0 amide bonds. The van der Waals surface area contributed by atoms with Crippen molar-refractivity contribution >= 4 is 0 Å². The number of nitrogens with zero attached hydrogens (tertiary/aromatic N) is 2. The lowest BCUT2D eigenvalue weighted by Gasteiger charge is -2.22. The van der Waals surface area contributed by atoms with Crippen molar-refractivity contribution in [3.8, 4) is 0 Å². The zero-order chi connectivity index (χ0) is 15.6. The van der Waals surface area contributed by atoms with Gasteiger partial charge < -0.3 is 10.3 Å². The molecule has 114 valence electrons. The zero-order valence-electron chi connectivity index (χ0n) is 13.7. The van der Waals surface area contributed by atoms with Crippen LogP contribution in [0.2, 0.25) is 0 Å². The molecule has 1 aromatic heterocycles. The van der Waals surface area contributed by atoms with Gasteiger partial charge in [-0.15, -0.1) is 0 Å². The first-order chi connectivity index (χ1) is 9.81. The Balaban J connectivity index is 2.27. The Labute approximate surface area is 126 Å². The number of hydrogen-bond acceptors (Lipinski definition) is 4. The highest BCUT2D eigenvalue weighted by Crippen LogP contribution is 2.27.